The van der Waals surface area contributed by atoms with Crippen molar-refractivity contribution in [2.45, 2.75) is 25.8 Å². The maximum Gasteiger partial charge on any atom is 0.0419 e. The zero-order valence-electron chi connectivity index (χ0n) is 11.1. The van der Waals surface area contributed by atoms with Crippen molar-refractivity contribution in [2.75, 3.05) is 6.54 Å². The number of likely N-dealkylation sites (N-methyl/N-ethyl adjacent to an activating group) is 1. The molecule has 19 heavy (non-hydrogen) atoms. The third-order valence-corrected chi connectivity index (χ3v) is 3.54. The molecule has 2 rings (SSSR count). The Labute approximate surface area is 123 Å². The number of aromatic nitrogens is 1. The van der Waals surface area contributed by atoms with Gasteiger partial charge in [-0.15, -0.1) is 0 Å². The number of nitrogens with one attached hydrogen (secondary N) is 1. The molecule has 1 N–H and O–H groups in total. The Morgan fingerprint density at radius 3 is 2.74 bits per heavy atom. The fourth-order valence-electron chi connectivity index (χ4n) is 2.22. The summed E-state index contributed by atoms with van der Waals surface area (Å²) in [5.41, 5.74) is 2.49. The third kappa shape index (κ3) is 4.77. The zero-order valence-corrected chi connectivity index (χ0v) is 12.7. The Hall–Kier alpha value is -1.19. The molecule has 1 aromatic heterocycles. The molecule has 0 aliphatic rings. The van der Waals surface area contributed by atoms with Crippen LogP contribution in [0.15, 0.2) is 53.1 Å². The number of halogens is 1. The smallest absolute Gasteiger partial charge is 0.0419 e. The molecule has 0 radical (unpaired) electrons. The summed E-state index contributed by atoms with van der Waals surface area (Å²) < 4.78 is 1.14. The molecule has 1 atom stereocenters. The third-order valence-electron chi connectivity index (χ3n) is 3.05. The Morgan fingerprint density at radius 2 is 2.05 bits per heavy atom. The normalized spacial score (nSPS) is 12.3. The van der Waals surface area contributed by atoms with Crippen LogP contribution in [0.25, 0.3) is 0 Å². The lowest BCUT2D eigenvalue weighted by Crippen LogP contribution is -2.33. The highest BCUT2D eigenvalue weighted by molar-refractivity contribution is 9.10. The van der Waals surface area contributed by atoms with Crippen LogP contribution in [-0.4, -0.2) is 17.6 Å². The number of hydrogen-bond acceptors (Lipinski definition) is 2. The molecule has 0 aliphatic carbocycles. The number of rotatable bonds is 6. The van der Waals surface area contributed by atoms with Gasteiger partial charge in [-0.1, -0.05) is 41.1 Å². The van der Waals surface area contributed by atoms with Gasteiger partial charge in [-0.25, -0.2) is 0 Å². The molecule has 0 saturated carbocycles. The van der Waals surface area contributed by atoms with Crippen molar-refractivity contribution in [1.29, 1.82) is 0 Å². The van der Waals surface area contributed by atoms with Crippen molar-refractivity contribution in [3.63, 3.8) is 0 Å². The van der Waals surface area contributed by atoms with Crippen LogP contribution in [0.2, 0.25) is 0 Å². The molecule has 0 aliphatic heterocycles. The Balaban J connectivity index is 2.04. The highest BCUT2D eigenvalue weighted by atomic mass is 79.9. The quantitative estimate of drug-likeness (QED) is 0.880. The number of benzene rings is 1. The molecule has 1 aromatic carbocycles. The van der Waals surface area contributed by atoms with E-state index in [0.717, 1.165) is 29.6 Å². The van der Waals surface area contributed by atoms with Gasteiger partial charge < -0.3 is 5.32 Å². The summed E-state index contributed by atoms with van der Waals surface area (Å²) in [6.07, 6.45) is 3.84. The Kier molecular flexibility index (Phi) is 5.55. The van der Waals surface area contributed by atoms with Gasteiger partial charge in [0.15, 0.2) is 0 Å². The van der Waals surface area contributed by atoms with Crippen molar-refractivity contribution in [1.82, 2.24) is 10.3 Å². The van der Waals surface area contributed by atoms with Gasteiger partial charge in [-0.05, 0) is 42.8 Å². The van der Waals surface area contributed by atoms with Crippen LogP contribution in [0.3, 0.4) is 0 Å². The number of pyridine rings is 1. The summed E-state index contributed by atoms with van der Waals surface area (Å²) in [6, 6.07) is 15.0. The van der Waals surface area contributed by atoms with E-state index in [0.29, 0.717) is 6.04 Å². The van der Waals surface area contributed by atoms with E-state index in [9.17, 15) is 0 Å². The van der Waals surface area contributed by atoms with Gasteiger partial charge in [0, 0.05) is 28.8 Å². The van der Waals surface area contributed by atoms with E-state index >= 15 is 0 Å². The van der Waals surface area contributed by atoms with Gasteiger partial charge in [0.25, 0.3) is 0 Å². The van der Waals surface area contributed by atoms with Crippen molar-refractivity contribution in [2.24, 2.45) is 0 Å². The SMILES string of the molecule is CCNC(Cc1cccc(Br)c1)Cc1ccccn1. The van der Waals surface area contributed by atoms with Crippen LogP contribution in [0.4, 0.5) is 0 Å². The molecule has 1 heterocycles. The summed E-state index contributed by atoms with van der Waals surface area (Å²) in [5, 5.41) is 3.54. The van der Waals surface area contributed by atoms with E-state index in [-0.39, 0.29) is 0 Å². The molecule has 3 heteroatoms. The predicted molar refractivity (Wildman–Crippen MR) is 83.3 cm³/mol. The van der Waals surface area contributed by atoms with Crippen LogP contribution in [0.1, 0.15) is 18.2 Å². The van der Waals surface area contributed by atoms with E-state index in [1.807, 2.05) is 18.3 Å². The summed E-state index contributed by atoms with van der Waals surface area (Å²) >= 11 is 3.53. The second kappa shape index (κ2) is 7.41. The molecule has 100 valence electrons. The maximum absolute atomic E-state index is 4.41. The van der Waals surface area contributed by atoms with E-state index in [1.54, 1.807) is 0 Å². The van der Waals surface area contributed by atoms with E-state index < -0.39 is 0 Å². The van der Waals surface area contributed by atoms with Crippen LogP contribution < -0.4 is 5.32 Å². The van der Waals surface area contributed by atoms with Gasteiger partial charge >= 0.3 is 0 Å². The Morgan fingerprint density at radius 1 is 1.16 bits per heavy atom. The molecule has 2 nitrogen and oxygen atoms in total. The maximum atomic E-state index is 4.41. The van der Waals surface area contributed by atoms with Crippen LogP contribution in [0.5, 0.6) is 0 Å². The highest BCUT2D eigenvalue weighted by Gasteiger charge is 2.10. The molecule has 0 bridgehead atoms. The fraction of sp³-hybridized carbons (Fsp3) is 0.312. The summed E-state index contributed by atoms with van der Waals surface area (Å²) in [5.74, 6) is 0. The number of nitrogens with zero attached hydrogens (tertiary/aromatic N) is 1. The predicted octanol–water partition coefficient (Wildman–Crippen LogP) is 3.61. The Bertz CT molecular complexity index is 499. The minimum absolute atomic E-state index is 0.425. The topological polar surface area (TPSA) is 24.9 Å². The molecule has 0 spiro atoms. The minimum Gasteiger partial charge on any atom is -0.314 e. The second-order valence-corrected chi connectivity index (χ2v) is 5.53. The first kappa shape index (κ1) is 14.2. The van der Waals surface area contributed by atoms with Crippen molar-refractivity contribution in [3.8, 4) is 0 Å². The van der Waals surface area contributed by atoms with Crippen LogP contribution in [-0.2, 0) is 12.8 Å². The van der Waals surface area contributed by atoms with Crippen LogP contribution >= 0.6 is 15.9 Å². The number of hydrogen-bond donors (Lipinski definition) is 1. The highest BCUT2D eigenvalue weighted by Crippen LogP contribution is 2.14. The average Bonchev–Trinajstić information content (AvgIpc) is 2.40. The van der Waals surface area contributed by atoms with Gasteiger partial charge in [0.1, 0.15) is 0 Å². The zero-order chi connectivity index (χ0) is 13.5. The van der Waals surface area contributed by atoms with Gasteiger partial charge in [-0.2, -0.15) is 0 Å². The lowest BCUT2D eigenvalue weighted by Gasteiger charge is -2.17. The fourth-order valence-corrected chi connectivity index (χ4v) is 2.67. The second-order valence-electron chi connectivity index (χ2n) is 4.61. The first-order chi connectivity index (χ1) is 9.28. The van der Waals surface area contributed by atoms with Crippen molar-refractivity contribution >= 4 is 15.9 Å². The van der Waals surface area contributed by atoms with Crippen LogP contribution in [0, 0.1) is 0 Å². The molecular weight excluding hydrogens is 300 g/mol. The standard InChI is InChI=1S/C16H19BrN2/c1-2-18-16(12-15-8-3-4-9-19-15)11-13-6-5-7-14(17)10-13/h3-10,16,18H,2,11-12H2,1H3. The van der Waals surface area contributed by atoms with Crippen molar-refractivity contribution < 1.29 is 0 Å². The van der Waals surface area contributed by atoms with Gasteiger partial charge in [0.2, 0.25) is 0 Å². The molecular formula is C16H19BrN2. The average molecular weight is 319 g/mol. The molecule has 0 amide bonds. The lowest BCUT2D eigenvalue weighted by atomic mass is 10.0. The van der Waals surface area contributed by atoms with E-state index in [4.69, 9.17) is 0 Å². The molecule has 1 unspecified atom stereocenters. The summed E-state index contributed by atoms with van der Waals surface area (Å²) in [6.45, 7) is 3.12. The minimum atomic E-state index is 0.425. The largest absolute Gasteiger partial charge is 0.314 e. The molecule has 0 saturated heterocycles. The monoisotopic (exact) mass is 318 g/mol. The first-order valence-corrected chi connectivity index (χ1v) is 7.45. The summed E-state index contributed by atoms with van der Waals surface area (Å²) in [7, 11) is 0. The van der Waals surface area contributed by atoms with E-state index in [2.05, 4.69) is 63.5 Å². The molecule has 0 fully saturated rings. The van der Waals surface area contributed by atoms with Gasteiger partial charge in [-0.3, -0.25) is 4.98 Å². The summed E-state index contributed by atoms with van der Waals surface area (Å²) in [4.78, 5) is 4.41. The van der Waals surface area contributed by atoms with Crippen molar-refractivity contribution in [3.05, 3.63) is 64.4 Å². The van der Waals surface area contributed by atoms with E-state index in [1.165, 1.54) is 5.56 Å². The first-order valence-electron chi connectivity index (χ1n) is 6.65. The lowest BCUT2D eigenvalue weighted by molar-refractivity contribution is 0.516. The van der Waals surface area contributed by atoms with Gasteiger partial charge in [0.05, 0.1) is 0 Å². The molecule has 2 aromatic rings.